The molecule has 1 aromatic rings. The first-order valence-corrected chi connectivity index (χ1v) is 5.40. The zero-order chi connectivity index (χ0) is 14.8. The summed E-state index contributed by atoms with van der Waals surface area (Å²) in [6.45, 7) is 0. The lowest BCUT2D eigenvalue weighted by Crippen LogP contribution is -2.20. The Morgan fingerprint density at radius 2 is 2.00 bits per heavy atom. The van der Waals surface area contributed by atoms with Gasteiger partial charge in [0.15, 0.2) is 5.75 Å². The van der Waals surface area contributed by atoms with Gasteiger partial charge in [-0.2, -0.15) is 0 Å². The zero-order valence-corrected chi connectivity index (χ0v) is 10.3. The minimum atomic E-state index is -5.20. The summed E-state index contributed by atoms with van der Waals surface area (Å²) < 4.78 is 65.2. The van der Waals surface area contributed by atoms with Crippen molar-refractivity contribution in [2.24, 2.45) is 0 Å². The number of nitrogens with zero attached hydrogens (tertiary/aromatic N) is 1. The molecule has 0 amide bonds. The summed E-state index contributed by atoms with van der Waals surface area (Å²) >= 11 is 10.4. The molecule has 3 nitrogen and oxygen atoms in total. The van der Waals surface area contributed by atoms with Gasteiger partial charge in [0.05, 0.1) is 5.88 Å². The molecule has 0 atom stereocenters. The van der Waals surface area contributed by atoms with E-state index in [9.17, 15) is 26.7 Å². The van der Waals surface area contributed by atoms with E-state index in [-0.39, 0.29) is 0 Å². The molecule has 0 fully saturated rings. The van der Waals surface area contributed by atoms with Gasteiger partial charge in [-0.05, 0) is 17.7 Å². The summed E-state index contributed by atoms with van der Waals surface area (Å²) in [5.41, 5.74) is -2.45. The van der Waals surface area contributed by atoms with Gasteiger partial charge < -0.3 is 4.74 Å². The van der Waals surface area contributed by atoms with Crippen LogP contribution in [0.5, 0.6) is 5.75 Å². The average molecular weight is 324 g/mol. The number of hydrogen-bond acceptors (Lipinski definition) is 3. The lowest BCUT2D eigenvalue weighted by atomic mass is 10.2. The average Bonchev–Trinajstić information content (AvgIpc) is 2.26. The van der Waals surface area contributed by atoms with Gasteiger partial charge in [-0.1, -0.05) is 0 Å². The second-order valence-electron chi connectivity index (χ2n) is 3.14. The molecule has 0 saturated carbocycles. The molecule has 19 heavy (non-hydrogen) atoms. The Morgan fingerprint density at radius 1 is 1.42 bits per heavy atom. The summed E-state index contributed by atoms with van der Waals surface area (Å²) in [6, 6.07) is 0.759. The largest absolute Gasteiger partial charge is 0.573 e. The van der Waals surface area contributed by atoms with E-state index >= 15 is 0 Å². The maximum atomic E-state index is 12.7. The number of hydrogen-bond donors (Lipinski definition) is 0. The number of halogens is 7. The summed E-state index contributed by atoms with van der Waals surface area (Å²) in [4.78, 5) is 13.9. The highest BCUT2D eigenvalue weighted by Gasteiger charge is 2.35. The monoisotopic (exact) mass is 323 g/mol. The van der Waals surface area contributed by atoms with Gasteiger partial charge in [0, 0.05) is 5.56 Å². The van der Waals surface area contributed by atoms with Crippen molar-refractivity contribution in [3.63, 3.8) is 0 Å². The number of carbonyl (C=O) groups excluding carboxylic acids is 1. The van der Waals surface area contributed by atoms with E-state index in [1.807, 2.05) is 0 Å². The Balaban J connectivity index is 3.45. The van der Waals surface area contributed by atoms with E-state index in [0.29, 0.717) is 0 Å². The second kappa shape index (κ2) is 5.87. The molecule has 0 aliphatic heterocycles. The quantitative estimate of drug-likeness (QED) is 0.477. The van der Waals surface area contributed by atoms with E-state index in [4.69, 9.17) is 23.2 Å². The molecule has 0 saturated heterocycles. The van der Waals surface area contributed by atoms with Gasteiger partial charge in [0.1, 0.15) is 11.4 Å². The molecular weight excluding hydrogens is 320 g/mol. The molecular formula is C9H4Cl2F5NO2. The van der Waals surface area contributed by atoms with Crippen LogP contribution in [0, 0.1) is 0 Å². The van der Waals surface area contributed by atoms with Crippen molar-refractivity contribution in [3.8, 4) is 5.75 Å². The smallest absolute Gasteiger partial charge is 0.403 e. The Hall–Kier alpha value is -1.15. The summed E-state index contributed by atoms with van der Waals surface area (Å²) in [7, 11) is 0. The number of pyridine rings is 1. The van der Waals surface area contributed by atoms with Crippen LogP contribution in [0.2, 0.25) is 0 Å². The number of carbonyl (C=O) groups is 1. The molecule has 0 N–H and O–H groups in total. The van der Waals surface area contributed by atoms with Gasteiger partial charge in [-0.3, -0.25) is 4.79 Å². The molecule has 0 radical (unpaired) electrons. The predicted octanol–water partition coefficient (Wildman–Crippen LogP) is 4.04. The normalized spacial score (nSPS) is 11.8. The van der Waals surface area contributed by atoms with Gasteiger partial charge >= 0.3 is 6.36 Å². The Morgan fingerprint density at radius 3 is 2.37 bits per heavy atom. The van der Waals surface area contributed by atoms with Crippen LogP contribution in [0.1, 0.15) is 28.2 Å². The third-order valence-electron chi connectivity index (χ3n) is 1.85. The number of rotatable bonds is 4. The lowest BCUT2D eigenvalue weighted by molar-refractivity contribution is -0.275. The third-order valence-corrected chi connectivity index (χ3v) is 2.33. The number of ether oxygens (including phenoxy) is 1. The fourth-order valence-electron chi connectivity index (χ4n) is 1.19. The highest BCUT2D eigenvalue weighted by atomic mass is 35.5. The maximum absolute atomic E-state index is 12.7. The van der Waals surface area contributed by atoms with Crippen LogP contribution in [0.3, 0.4) is 0 Å². The second-order valence-corrected chi connectivity index (χ2v) is 3.75. The predicted molar refractivity (Wildman–Crippen MR) is 55.6 cm³/mol. The fourth-order valence-corrected chi connectivity index (χ4v) is 1.48. The minimum absolute atomic E-state index is 0.465. The van der Waals surface area contributed by atoms with Gasteiger partial charge in [0.25, 0.3) is 11.7 Å². The molecule has 0 aliphatic carbocycles. The standard InChI is InChI=1S/C9H4Cl2F5NO2/c10-2-3-1-4(7(11)18)17-5(8(12)13)6(3)19-9(14,15)16/h1,8H,2H2. The van der Waals surface area contributed by atoms with E-state index < -0.39 is 46.6 Å². The van der Waals surface area contributed by atoms with Crippen LogP contribution in [0.15, 0.2) is 6.07 Å². The molecule has 0 aromatic carbocycles. The first-order valence-electron chi connectivity index (χ1n) is 4.49. The zero-order valence-electron chi connectivity index (χ0n) is 8.77. The first-order chi connectivity index (χ1) is 8.65. The molecule has 106 valence electrons. The van der Waals surface area contributed by atoms with Crippen LogP contribution in [-0.2, 0) is 5.88 Å². The fraction of sp³-hybridized carbons (Fsp3) is 0.333. The van der Waals surface area contributed by atoms with Gasteiger partial charge in [0.2, 0.25) is 0 Å². The Kier molecular flexibility index (Phi) is 4.92. The van der Waals surface area contributed by atoms with E-state index in [1.165, 1.54) is 0 Å². The van der Waals surface area contributed by atoms with Crippen molar-refractivity contribution in [2.75, 3.05) is 0 Å². The van der Waals surface area contributed by atoms with Crippen molar-refractivity contribution in [1.82, 2.24) is 4.98 Å². The van der Waals surface area contributed by atoms with Crippen molar-refractivity contribution in [2.45, 2.75) is 18.7 Å². The SMILES string of the molecule is O=C(Cl)c1cc(CCl)c(OC(F)(F)F)c(C(F)F)n1. The van der Waals surface area contributed by atoms with Gasteiger partial charge in [-0.25, -0.2) is 13.8 Å². The van der Waals surface area contributed by atoms with Gasteiger partial charge in [-0.15, -0.1) is 24.8 Å². The van der Waals surface area contributed by atoms with Crippen LogP contribution in [0.4, 0.5) is 22.0 Å². The first kappa shape index (κ1) is 15.9. The van der Waals surface area contributed by atoms with E-state index in [0.717, 1.165) is 6.07 Å². The van der Waals surface area contributed by atoms with Crippen LogP contribution in [0.25, 0.3) is 0 Å². The van der Waals surface area contributed by atoms with Crippen LogP contribution >= 0.6 is 23.2 Å². The number of alkyl halides is 6. The molecule has 0 bridgehead atoms. The molecule has 0 unspecified atom stereocenters. The van der Waals surface area contributed by atoms with E-state index in [1.54, 1.807) is 0 Å². The molecule has 10 heteroatoms. The van der Waals surface area contributed by atoms with Crippen molar-refractivity contribution in [3.05, 3.63) is 23.0 Å². The van der Waals surface area contributed by atoms with Crippen LogP contribution < -0.4 is 4.74 Å². The number of aromatic nitrogens is 1. The third kappa shape index (κ3) is 4.17. The maximum Gasteiger partial charge on any atom is 0.573 e. The highest BCUT2D eigenvalue weighted by molar-refractivity contribution is 6.67. The van der Waals surface area contributed by atoms with E-state index in [2.05, 4.69) is 9.72 Å². The molecule has 1 rings (SSSR count). The van der Waals surface area contributed by atoms with Crippen molar-refractivity contribution >= 4 is 28.4 Å². The minimum Gasteiger partial charge on any atom is -0.403 e. The Labute approximate surface area is 113 Å². The lowest BCUT2D eigenvalue weighted by Gasteiger charge is -2.16. The molecule has 1 heterocycles. The molecule has 1 aromatic heterocycles. The molecule has 0 spiro atoms. The Bertz CT molecular complexity index is 492. The van der Waals surface area contributed by atoms with Crippen LogP contribution in [-0.4, -0.2) is 16.6 Å². The summed E-state index contributed by atoms with van der Waals surface area (Å²) in [5.74, 6) is -1.82. The topological polar surface area (TPSA) is 39.2 Å². The highest BCUT2D eigenvalue weighted by Crippen LogP contribution is 2.36. The molecule has 0 aliphatic rings. The summed E-state index contributed by atoms with van der Waals surface area (Å²) in [6.07, 6.45) is -8.59. The van der Waals surface area contributed by atoms with Crippen molar-refractivity contribution < 1.29 is 31.5 Å². The summed E-state index contributed by atoms with van der Waals surface area (Å²) in [5, 5.41) is -1.20. The van der Waals surface area contributed by atoms with Crippen molar-refractivity contribution in [1.29, 1.82) is 0 Å².